The van der Waals surface area contributed by atoms with Crippen LogP contribution in [0.15, 0.2) is 72.4 Å². The van der Waals surface area contributed by atoms with E-state index < -0.39 is 11.9 Å². The first-order valence-corrected chi connectivity index (χ1v) is 8.58. The third-order valence-corrected chi connectivity index (χ3v) is 4.13. The number of benzene rings is 2. The van der Waals surface area contributed by atoms with Gasteiger partial charge in [0.25, 0.3) is 5.91 Å². The van der Waals surface area contributed by atoms with Crippen LogP contribution in [0.3, 0.4) is 0 Å². The fourth-order valence-electron chi connectivity index (χ4n) is 2.73. The molecule has 1 N–H and O–H groups in total. The molecule has 0 aliphatic carbocycles. The van der Waals surface area contributed by atoms with Crippen LogP contribution in [0.2, 0.25) is 0 Å². The summed E-state index contributed by atoms with van der Waals surface area (Å²) in [7, 11) is 1.52. The second kappa shape index (κ2) is 8.59. The van der Waals surface area contributed by atoms with Gasteiger partial charge in [0.2, 0.25) is 0 Å². The highest BCUT2D eigenvalue weighted by Crippen LogP contribution is 2.19. The fourth-order valence-corrected chi connectivity index (χ4v) is 2.73. The molecule has 3 aromatic rings. The number of nitrogens with one attached hydrogen (secondary N) is 1. The second-order valence-corrected chi connectivity index (χ2v) is 6.00. The standard InChI is InChI=1S/C22H17N3O4/c1-29-20-9-3-6-17(13-20)24-21(26)16(14-23)12-19-8-4-10-25(19)18-7-2-5-15(11-18)22(27)28/h2-13H,1H3,(H,24,26)(H,27,28)/p-1/b16-12+. The molecule has 0 fully saturated rings. The Morgan fingerprint density at radius 2 is 1.93 bits per heavy atom. The molecule has 3 rings (SSSR count). The summed E-state index contributed by atoms with van der Waals surface area (Å²) in [5, 5.41) is 23.2. The maximum absolute atomic E-state index is 12.5. The van der Waals surface area contributed by atoms with Crippen LogP contribution in [0.25, 0.3) is 11.8 Å². The molecule has 2 aromatic carbocycles. The average molecular weight is 386 g/mol. The molecule has 0 unspecified atom stereocenters. The van der Waals surface area contributed by atoms with Crippen molar-refractivity contribution in [3.8, 4) is 17.5 Å². The van der Waals surface area contributed by atoms with Gasteiger partial charge in [-0.2, -0.15) is 5.26 Å². The van der Waals surface area contributed by atoms with Gasteiger partial charge in [-0.1, -0.05) is 18.2 Å². The van der Waals surface area contributed by atoms with Gasteiger partial charge >= 0.3 is 0 Å². The van der Waals surface area contributed by atoms with Crippen LogP contribution in [0.1, 0.15) is 16.1 Å². The number of rotatable bonds is 6. The highest BCUT2D eigenvalue weighted by molar-refractivity contribution is 6.09. The highest BCUT2D eigenvalue weighted by Gasteiger charge is 2.12. The van der Waals surface area contributed by atoms with E-state index >= 15 is 0 Å². The predicted molar refractivity (Wildman–Crippen MR) is 105 cm³/mol. The van der Waals surface area contributed by atoms with E-state index in [-0.39, 0.29) is 11.1 Å². The quantitative estimate of drug-likeness (QED) is 0.517. The van der Waals surface area contributed by atoms with E-state index in [2.05, 4.69) is 5.32 Å². The third kappa shape index (κ3) is 4.51. The summed E-state index contributed by atoms with van der Waals surface area (Å²) in [4.78, 5) is 23.6. The minimum atomic E-state index is -1.29. The summed E-state index contributed by atoms with van der Waals surface area (Å²) in [6.07, 6.45) is 3.14. The van der Waals surface area contributed by atoms with Crippen LogP contribution < -0.4 is 15.2 Å². The van der Waals surface area contributed by atoms with E-state index in [1.807, 2.05) is 6.07 Å². The van der Waals surface area contributed by atoms with Gasteiger partial charge in [0.15, 0.2) is 0 Å². The van der Waals surface area contributed by atoms with E-state index in [1.54, 1.807) is 59.3 Å². The van der Waals surface area contributed by atoms with Gasteiger partial charge in [0.05, 0.1) is 13.1 Å². The zero-order valence-electron chi connectivity index (χ0n) is 15.5. The smallest absolute Gasteiger partial charge is 0.266 e. The number of hydrogen-bond donors (Lipinski definition) is 1. The lowest BCUT2D eigenvalue weighted by Crippen LogP contribution is -2.22. The predicted octanol–water partition coefficient (Wildman–Crippen LogP) is 2.40. The Kier molecular flexibility index (Phi) is 5.76. The largest absolute Gasteiger partial charge is 0.545 e. The number of anilines is 1. The fraction of sp³-hybridized carbons (Fsp3) is 0.0455. The van der Waals surface area contributed by atoms with E-state index in [1.165, 1.54) is 25.3 Å². The Bertz CT molecular complexity index is 1140. The van der Waals surface area contributed by atoms with Crippen molar-refractivity contribution in [3.63, 3.8) is 0 Å². The van der Waals surface area contributed by atoms with E-state index in [0.29, 0.717) is 22.8 Å². The monoisotopic (exact) mass is 386 g/mol. The summed E-state index contributed by atoms with van der Waals surface area (Å²) in [6.45, 7) is 0. The minimum absolute atomic E-state index is 0.0300. The first-order chi connectivity index (χ1) is 14.0. The number of hydrogen-bond acceptors (Lipinski definition) is 5. The molecule has 0 spiro atoms. The van der Waals surface area contributed by atoms with Crippen LogP contribution in [0.4, 0.5) is 5.69 Å². The SMILES string of the molecule is COc1cccc(NC(=O)/C(C#N)=C/c2cccn2-c2cccc(C(=O)[O-])c2)c1. The average Bonchev–Trinajstić information content (AvgIpc) is 3.20. The second-order valence-electron chi connectivity index (χ2n) is 6.00. The normalized spacial score (nSPS) is 10.8. The number of carbonyl (C=O) groups is 2. The summed E-state index contributed by atoms with van der Waals surface area (Å²) in [5.74, 6) is -1.28. The van der Waals surface area contributed by atoms with E-state index in [4.69, 9.17) is 4.74 Å². The first kappa shape index (κ1) is 19.5. The number of aromatic nitrogens is 1. The molecule has 7 nitrogen and oxygen atoms in total. The topological polar surface area (TPSA) is 107 Å². The summed E-state index contributed by atoms with van der Waals surface area (Å²) >= 11 is 0. The Hall–Kier alpha value is -4.31. The lowest BCUT2D eigenvalue weighted by molar-refractivity contribution is -0.255. The molecule has 0 aliphatic heterocycles. The Morgan fingerprint density at radius 1 is 1.14 bits per heavy atom. The number of nitrogens with zero attached hydrogens (tertiary/aromatic N) is 2. The van der Waals surface area contributed by atoms with Gasteiger partial charge < -0.3 is 24.5 Å². The zero-order valence-corrected chi connectivity index (χ0v) is 15.5. The molecule has 1 amide bonds. The first-order valence-electron chi connectivity index (χ1n) is 8.58. The maximum Gasteiger partial charge on any atom is 0.266 e. The molecule has 0 bridgehead atoms. The van der Waals surface area contributed by atoms with E-state index in [9.17, 15) is 20.0 Å². The number of nitriles is 1. The lowest BCUT2D eigenvalue weighted by Gasteiger charge is -2.10. The lowest BCUT2D eigenvalue weighted by atomic mass is 10.2. The van der Waals surface area contributed by atoms with Gasteiger partial charge in [-0.05, 0) is 48.0 Å². The number of carbonyl (C=O) groups excluding carboxylic acids is 2. The van der Waals surface area contributed by atoms with Crippen LogP contribution >= 0.6 is 0 Å². The summed E-state index contributed by atoms with van der Waals surface area (Å²) in [5.41, 5.74) is 1.52. The summed E-state index contributed by atoms with van der Waals surface area (Å²) < 4.78 is 6.79. The van der Waals surface area contributed by atoms with Crippen LogP contribution in [0, 0.1) is 11.3 Å². The number of carboxylic acids is 1. The third-order valence-electron chi connectivity index (χ3n) is 4.13. The molecule has 0 radical (unpaired) electrons. The minimum Gasteiger partial charge on any atom is -0.545 e. The number of aromatic carboxylic acids is 1. The van der Waals surface area contributed by atoms with Crippen LogP contribution in [0.5, 0.6) is 5.75 Å². The van der Waals surface area contributed by atoms with Crippen LogP contribution in [-0.4, -0.2) is 23.6 Å². The molecule has 0 atom stereocenters. The summed E-state index contributed by atoms with van der Waals surface area (Å²) in [6, 6.07) is 18.3. The van der Waals surface area contributed by atoms with Crippen molar-refractivity contribution >= 4 is 23.6 Å². The van der Waals surface area contributed by atoms with Crippen molar-refractivity contribution in [2.24, 2.45) is 0 Å². The van der Waals surface area contributed by atoms with Gasteiger partial charge in [-0.3, -0.25) is 4.79 Å². The van der Waals surface area contributed by atoms with Crippen LogP contribution in [-0.2, 0) is 4.79 Å². The molecule has 7 heteroatoms. The maximum atomic E-state index is 12.5. The Morgan fingerprint density at radius 3 is 2.66 bits per heavy atom. The van der Waals surface area contributed by atoms with Gasteiger partial charge in [0, 0.05) is 29.3 Å². The molecular weight excluding hydrogens is 370 g/mol. The molecule has 1 aromatic heterocycles. The van der Waals surface area contributed by atoms with Crippen molar-refractivity contribution in [1.82, 2.24) is 4.57 Å². The van der Waals surface area contributed by atoms with Gasteiger partial charge in [-0.25, -0.2) is 0 Å². The number of methoxy groups -OCH3 is 1. The molecule has 29 heavy (non-hydrogen) atoms. The number of amides is 1. The molecule has 0 aliphatic rings. The Balaban J connectivity index is 1.90. The molecular formula is C22H16N3O4-. The molecule has 0 saturated heterocycles. The number of carboxylic acid groups (broad SMARTS) is 1. The van der Waals surface area contributed by atoms with Crippen molar-refractivity contribution < 1.29 is 19.4 Å². The molecule has 144 valence electrons. The Labute approximate surface area is 167 Å². The van der Waals surface area contributed by atoms with Crippen molar-refractivity contribution in [2.45, 2.75) is 0 Å². The van der Waals surface area contributed by atoms with Gasteiger partial charge in [0.1, 0.15) is 17.4 Å². The van der Waals surface area contributed by atoms with Crippen molar-refractivity contribution in [1.29, 1.82) is 5.26 Å². The van der Waals surface area contributed by atoms with Crippen molar-refractivity contribution in [2.75, 3.05) is 12.4 Å². The molecule has 1 heterocycles. The highest BCUT2D eigenvalue weighted by atomic mass is 16.5. The van der Waals surface area contributed by atoms with Crippen molar-refractivity contribution in [3.05, 3.63) is 83.7 Å². The molecule has 0 saturated carbocycles. The van der Waals surface area contributed by atoms with Gasteiger partial charge in [-0.15, -0.1) is 0 Å². The number of ether oxygens (including phenoxy) is 1. The van der Waals surface area contributed by atoms with E-state index in [0.717, 1.165) is 0 Å². The zero-order chi connectivity index (χ0) is 20.8.